The van der Waals surface area contributed by atoms with Crippen LogP contribution < -0.4 is 5.32 Å². The Balaban J connectivity index is 1.49. The van der Waals surface area contributed by atoms with Crippen LogP contribution in [0.3, 0.4) is 0 Å². The summed E-state index contributed by atoms with van der Waals surface area (Å²) >= 11 is 15.4. The minimum absolute atomic E-state index is 0.112. The molecule has 3 aromatic carbocycles. The van der Waals surface area contributed by atoms with E-state index in [-0.39, 0.29) is 5.91 Å². The zero-order chi connectivity index (χ0) is 20.4. The first-order chi connectivity index (χ1) is 14.0. The van der Waals surface area contributed by atoms with Crippen molar-refractivity contribution in [3.05, 3.63) is 87.4 Å². The lowest BCUT2D eigenvalue weighted by molar-refractivity contribution is 0.102. The van der Waals surface area contributed by atoms with Crippen molar-refractivity contribution >= 4 is 68.1 Å². The average Bonchev–Trinajstić information content (AvgIpc) is 3.09. The molecular formula is C22H16Cl2N2OS2. The van der Waals surface area contributed by atoms with Crippen LogP contribution in [0.4, 0.5) is 5.69 Å². The number of aromatic nitrogens is 1. The maximum atomic E-state index is 12.5. The summed E-state index contributed by atoms with van der Waals surface area (Å²) in [5.41, 5.74) is 4.31. The SMILES string of the molecule is Cc1ccccc1C(=O)Nc1ccc2nc(SCc3ccc(Cl)cc3Cl)sc2c1. The minimum atomic E-state index is -0.112. The van der Waals surface area contributed by atoms with Crippen LogP contribution in [0.15, 0.2) is 65.0 Å². The molecule has 0 aliphatic rings. The molecule has 4 aromatic rings. The highest BCUT2D eigenvalue weighted by atomic mass is 35.5. The fourth-order valence-corrected chi connectivity index (χ4v) is 5.51. The number of hydrogen-bond acceptors (Lipinski definition) is 4. The highest BCUT2D eigenvalue weighted by molar-refractivity contribution is 8.00. The molecule has 1 heterocycles. The summed E-state index contributed by atoms with van der Waals surface area (Å²) in [6.07, 6.45) is 0. The van der Waals surface area contributed by atoms with E-state index < -0.39 is 0 Å². The largest absolute Gasteiger partial charge is 0.322 e. The lowest BCUT2D eigenvalue weighted by atomic mass is 10.1. The number of nitrogens with one attached hydrogen (secondary N) is 1. The second-order valence-corrected chi connectivity index (χ2v) is 9.55. The molecule has 0 spiro atoms. The van der Waals surface area contributed by atoms with Crippen molar-refractivity contribution in [3.63, 3.8) is 0 Å². The third kappa shape index (κ3) is 4.75. The number of benzene rings is 3. The van der Waals surface area contributed by atoms with Crippen molar-refractivity contribution in [2.45, 2.75) is 17.0 Å². The van der Waals surface area contributed by atoms with Crippen molar-refractivity contribution in [1.29, 1.82) is 0 Å². The molecule has 0 bridgehead atoms. The Bertz CT molecular complexity index is 1210. The summed E-state index contributed by atoms with van der Waals surface area (Å²) in [5, 5.41) is 4.26. The fourth-order valence-electron chi connectivity index (χ4n) is 2.85. The van der Waals surface area contributed by atoms with E-state index >= 15 is 0 Å². The molecule has 0 aliphatic heterocycles. The Morgan fingerprint density at radius 2 is 1.93 bits per heavy atom. The quantitative estimate of drug-likeness (QED) is 0.315. The number of nitrogens with zero attached hydrogens (tertiary/aromatic N) is 1. The van der Waals surface area contributed by atoms with Crippen LogP contribution in [0, 0.1) is 6.92 Å². The topological polar surface area (TPSA) is 42.0 Å². The van der Waals surface area contributed by atoms with Crippen molar-refractivity contribution in [2.75, 3.05) is 5.32 Å². The number of carbonyl (C=O) groups is 1. The lowest BCUT2D eigenvalue weighted by Gasteiger charge is -2.07. The summed E-state index contributed by atoms with van der Waals surface area (Å²) in [7, 11) is 0. The van der Waals surface area contributed by atoms with Gasteiger partial charge in [0.2, 0.25) is 0 Å². The van der Waals surface area contributed by atoms with Crippen molar-refractivity contribution in [2.24, 2.45) is 0 Å². The van der Waals surface area contributed by atoms with Gasteiger partial charge in [-0.05, 0) is 54.4 Å². The standard InChI is InChI=1S/C22H16Cl2N2OS2/c1-13-4-2-3-5-17(13)21(27)25-16-8-9-19-20(11-16)29-22(26-19)28-12-14-6-7-15(23)10-18(14)24/h2-11H,12H2,1H3,(H,25,27). The van der Waals surface area contributed by atoms with Crippen LogP contribution in [0.5, 0.6) is 0 Å². The van der Waals surface area contributed by atoms with Crippen molar-refractivity contribution < 1.29 is 4.79 Å². The number of anilines is 1. The summed E-state index contributed by atoms with van der Waals surface area (Å²) in [5.74, 6) is 0.603. The number of carbonyl (C=O) groups excluding carboxylic acids is 1. The van der Waals surface area contributed by atoms with E-state index in [0.717, 1.165) is 31.4 Å². The van der Waals surface area contributed by atoms with Gasteiger partial charge in [-0.1, -0.05) is 59.2 Å². The second kappa shape index (κ2) is 8.76. The second-order valence-electron chi connectivity index (χ2n) is 6.46. The molecule has 0 aliphatic carbocycles. The maximum Gasteiger partial charge on any atom is 0.255 e. The van der Waals surface area contributed by atoms with E-state index in [4.69, 9.17) is 23.2 Å². The molecule has 4 rings (SSSR count). The third-order valence-corrected chi connectivity index (χ3v) is 7.18. The fraction of sp³-hybridized carbons (Fsp3) is 0.0909. The van der Waals surface area contributed by atoms with E-state index in [1.807, 2.05) is 61.5 Å². The summed E-state index contributed by atoms with van der Waals surface area (Å²) < 4.78 is 1.98. The molecular weight excluding hydrogens is 443 g/mol. The number of aryl methyl sites for hydroxylation is 1. The minimum Gasteiger partial charge on any atom is -0.322 e. The van der Waals surface area contributed by atoms with Gasteiger partial charge in [0, 0.05) is 27.0 Å². The van der Waals surface area contributed by atoms with E-state index in [1.54, 1.807) is 29.2 Å². The summed E-state index contributed by atoms with van der Waals surface area (Å²) in [4.78, 5) is 17.2. The molecule has 29 heavy (non-hydrogen) atoms. The molecule has 1 aromatic heterocycles. The van der Waals surface area contributed by atoms with E-state index in [2.05, 4.69) is 10.3 Å². The monoisotopic (exact) mass is 458 g/mol. The first-order valence-corrected chi connectivity index (χ1v) is 11.4. The highest BCUT2D eigenvalue weighted by Crippen LogP contribution is 2.34. The van der Waals surface area contributed by atoms with Crippen LogP contribution in [0.1, 0.15) is 21.5 Å². The lowest BCUT2D eigenvalue weighted by Crippen LogP contribution is -2.13. The maximum absolute atomic E-state index is 12.5. The molecule has 146 valence electrons. The van der Waals surface area contributed by atoms with Crippen molar-refractivity contribution in [1.82, 2.24) is 4.98 Å². The molecule has 7 heteroatoms. The zero-order valence-electron chi connectivity index (χ0n) is 15.4. The normalized spacial score (nSPS) is 11.0. The number of rotatable bonds is 5. The van der Waals surface area contributed by atoms with Gasteiger partial charge in [-0.3, -0.25) is 4.79 Å². The Labute approximate surface area is 187 Å². The number of fused-ring (bicyclic) bond motifs is 1. The molecule has 1 amide bonds. The number of thioether (sulfide) groups is 1. The highest BCUT2D eigenvalue weighted by Gasteiger charge is 2.11. The Kier molecular flexibility index (Phi) is 6.11. The summed E-state index contributed by atoms with van der Waals surface area (Å²) in [6, 6.07) is 18.8. The van der Waals surface area contributed by atoms with Crippen LogP contribution >= 0.6 is 46.3 Å². The van der Waals surface area contributed by atoms with Gasteiger partial charge in [0.1, 0.15) is 0 Å². The van der Waals surface area contributed by atoms with Gasteiger partial charge in [-0.15, -0.1) is 11.3 Å². The smallest absolute Gasteiger partial charge is 0.255 e. The van der Waals surface area contributed by atoms with Gasteiger partial charge in [0.05, 0.1) is 10.2 Å². The molecule has 0 radical (unpaired) electrons. The zero-order valence-corrected chi connectivity index (χ0v) is 18.6. The third-order valence-electron chi connectivity index (χ3n) is 4.38. The van der Waals surface area contributed by atoms with Gasteiger partial charge in [0.15, 0.2) is 4.34 Å². The van der Waals surface area contributed by atoms with Crippen LogP contribution in [-0.2, 0) is 5.75 Å². The molecule has 0 atom stereocenters. The number of amides is 1. The molecule has 0 fully saturated rings. The van der Waals surface area contributed by atoms with Gasteiger partial charge in [0.25, 0.3) is 5.91 Å². The van der Waals surface area contributed by atoms with Gasteiger partial charge in [-0.2, -0.15) is 0 Å². The average molecular weight is 459 g/mol. The van der Waals surface area contributed by atoms with Crippen LogP contribution in [0.25, 0.3) is 10.2 Å². The molecule has 0 saturated carbocycles. The molecule has 3 nitrogen and oxygen atoms in total. The van der Waals surface area contributed by atoms with Gasteiger partial charge in [-0.25, -0.2) is 4.98 Å². The Morgan fingerprint density at radius 1 is 1.10 bits per heavy atom. The predicted octanol–water partition coefficient (Wildman–Crippen LogP) is 7.46. The predicted molar refractivity (Wildman–Crippen MR) is 125 cm³/mol. The van der Waals surface area contributed by atoms with Crippen LogP contribution in [-0.4, -0.2) is 10.9 Å². The van der Waals surface area contributed by atoms with Gasteiger partial charge >= 0.3 is 0 Å². The first kappa shape index (κ1) is 20.2. The molecule has 0 saturated heterocycles. The van der Waals surface area contributed by atoms with E-state index in [1.165, 1.54) is 0 Å². The number of halogens is 2. The summed E-state index contributed by atoms with van der Waals surface area (Å²) in [6.45, 7) is 1.93. The molecule has 1 N–H and O–H groups in total. The Hall–Kier alpha value is -2.05. The van der Waals surface area contributed by atoms with E-state index in [9.17, 15) is 4.79 Å². The van der Waals surface area contributed by atoms with Crippen molar-refractivity contribution in [3.8, 4) is 0 Å². The van der Waals surface area contributed by atoms with Gasteiger partial charge < -0.3 is 5.32 Å². The number of hydrogen-bond donors (Lipinski definition) is 1. The van der Waals surface area contributed by atoms with Crippen LogP contribution in [0.2, 0.25) is 10.0 Å². The Morgan fingerprint density at radius 3 is 2.72 bits per heavy atom. The number of thiazole rings is 1. The van der Waals surface area contributed by atoms with E-state index in [0.29, 0.717) is 21.4 Å². The first-order valence-electron chi connectivity index (χ1n) is 8.84. The molecule has 0 unspecified atom stereocenters.